The summed E-state index contributed by atoms with van der Waals surface area (Å²) in [6.45, 7) is 4.67. The molecule has 1 N–H and O–H groups in total. The minimum atomic E-state index is -4.54. The summed E-state index contributed by atoms with van der Waals surface area (Å²) in [6.07, 6.45) is -2.87. The number of benzene rings is 1. The van der Waals surface area contributed by atoms with Gasteiger partial charge < -0.3 is 5.32 Å². The molecule has 8 heteroatoms. The molecular formula is C18H18F3N5. The zero-order chi connectivity index (χ0) is 18.7. The van der Waals surface area contributed by atoms with Crippen LogP contribution in [0.25, 0.3) is 11.3 Å². The third kappa shape index (κ3) is 4.19. The summed E-state index contributed by atoms with van der Waals surface area (Å²) in [6, 6.07) is 9.98. The first kappa shape index (κ1) is 17.9. The van der Waals surface area contributed by atoms with E-state index in [9.17, 15) is 13.2 Å². The van der Waals surface area contributed by atoms with Crippen molar-refractivity contribution >= 4 is 5.95 Å². The van der Waals surface area contributed by atoms with Crippen LogP contribution in [0.15, 0.2) is 42.6 Å². The molecule has 2 heterocycles. The van der Waals surface area contributed by atoms with Gasteiger partial charge in [-0.25, -0.2) is 9.97 Å². The number of aromatic nitrogens is 4. The molecule has 1 aromatic carbocycles. The number of aryl methyl sites for hydroxylation is 2. The largest absolute Gasteiger partial charge is 0.433 e. The van der Waals surface area contributed by atoms with Crippen LogP contribution in [0.2, 0.25) is 0 Å². The fourth-order valence-electron chi connectivity index (χ4n) is 2.45. The summed E-state index contributed by atoms with van der Waals surface area (Å²) in [5, 5.41) is 6.99. The average molecular weight is 361 g/mol. The average Bonchev–Trinajstić information content (AvgIpc) is 3.00. The number of hydrogen-bond acceptors (Lipinski definition) is 4. The number of nitrogens with zero attached hydrogens (tertiary/aromatic N) is 4. The van der Waals surface area contributed by atoms with Crippen molar-refractivity contribution in [1.29, 1.82) is 0 Å². The van der Waals surface area contributed by atoms with E-state index in [0.717, 1.165) is 17.3 Å². The highest BCUT2D eigenvalue weighted by Gasteiger charge is 2.33. The van der Waals surface area contributed by atoms with Crippen LogP contribution in [0.5, 0.6) is 0 Å². The highest BCUT2D eigenvalue weighted by Crippen LogP contribution is 2.31. The van der Waals surface area contributed by atoms with Gasteiger partial charge in [0.05, 0.1) is 12.2 Å². The minimum Gasteiger partial charge on any atom is -0.352 e. The molecule has 0 atom stereocenters. The van der Waals surface area contributed by atoms with Gasteiger partial charge in [0.15, 0.2) is 5.69 Å². The Morgan fingerprint density at radius 1 is 1.04 bits per heavy atom. The number of anilines is 1. The zero-order valence-corrected chi connectivity index (χ0v) is 14.4. The Labute approximate surface area is 148 Å². The van der Waals surface area contributed by atoms with Crippen molar-refractivity contribution in [3.8, 4) is 11.3 Å². The summed E-state index contributed by atoms with van der Waals surface area (Å²) in [7, 11) is 0. The monoisotopic (exact) mass is 361 g/mol. The van der Waals surface area contributed by atoms with E-state index in [2.05, 4.69) is 20.4 Å². The van der Waals surface area contributed by atoms with Crippen molar-refractivity contribution in [2.24, 2.45) is 0 Å². The lowest BCUT2D eigenvalue weighted by Gasteiger charge is -2.12. The molecule has 0 bridgehead atoms. The van der Waals surface area contributed by atoms with E-state index in [0.29, 0.717) is 18.7 Å². The van der Waals surface area contributed by atoms with E-state index >= 15 is 0 Å². The van der Waals surface area contributed by atoms with Crippen LogP contribution >= 0.6 is 0 Å². The molecule has 0 spiro atoms. The maximum atomic E-state index is 13.2. The van der Waals surface area contributed by atoms with Crippen LogP contribution in [-0.4, -0.2) is 26.3 Å². The normalized spacial score (nSPS) is 11.6. The van der Waals surface area contributed by atoms with E-state index in [1.165, 1.54) is 0 Å². The molecule has 0 aliphatic rings. The topological polar surface area (TPSA) is 55.6 Å². The van der Waals surface area contributed by atoms with Crippen molar-refractivity contribution in [2.75, 3.05) is 11.9 Å². The summed E-state index contributed by atoms with van der Waals surface area (Å²) in [5.74, 6) is -0.0554. The van der Waals surface area contributed by atoms with Gasteiger partial charge in [0.2, 0.25) is 5.95 Å². The molecule has 5 nitrogen and oxygen atoms in total. The van der Waals surface area contributed by atoms with Crippen molar-refractivity contribution in [1.82, 2.24) is 19.7 Å². The molecule has 0 fully saturated rings. The fourth-order valence-corrected chi connectivity index (χ4v) is 2.45. The molecule has 2 aromatic heterocycles. The highest BCUT2D eigenvalue weighted by atomic mass is 19.4. The fraction of sp³-hybridized carbons (Fsp3) is 0.278. The Balaban J connectivity index is 1.85. The van der Waals surface area contributed by atoms with E-state index in [1.54, 1.807) is 23.0 Å². The van der Waals surface area contributed by atoms with E-state index < -0.39 is 11.9 Å². The number of rotatable bonds is 5. The standard InChI is InChI=1S/C18H18F3N5/c1-12-3-5-14(6-4-12)15-11-16(18(19,20)21)25-17(24-15)22-9-10-26-13(2)7-8-23-26/h3-8,11H,9-10H2,1-2H3,(H,22,24,25). The third-order valence-corrected chi connectivity index (χ3v) is 3.90. The molecule has 136 valence electrons. The van der Waals surface area contributed by atoms with Crippen LogP contribution in [0.4, 0.5) is 19.1 Å². The molecule has 0 amide bonds. The van der Waals surface area contributed by atoms with Crippen molar-refractivity contribution in [3.63, 3.8) is 0 Å². The van der Waals surface area contributed by atoms with Crippen molar-refractivity contribution < 1.29 is 13.2 Å². The zero-order valence-electron chi connectivity index (χ0n) is 14.4. The SMILES string of the molecule is Cc1ccc(-c2cc(C(F)(F)F)nc(NCCn3nccc3C)n2)cc1. The Morgan fingerprint density at radius 3 is 2.38 bits per heavy atom. The van der Waals surface area contributed by atoms with Crippen LogP contribution in [0.3, 0.4) is 0 Å². The summed E-state index contributed by atoms with van der Waals surface area (Å²) < 4.78 is 41.3. The number of halogens is 3. The van der Waals surface area contributed by atoms with E-state index in [1.807, 2.05) is 32.0 Å². The smallest absolute Gasteiger partial charge is 0.352 e. The predicted molar refractivity (Wildman–Crippen MR) is 92.7 cm³/mol. The van der Waals surface area contributed by atoms with Crippen LogP contribution in [0.1, 0.15) is 17.0 Å². The Kier molecular flexibility index (Phi) is 4.92. The maximum Gasteiger partial charge on any atom is 0.433 e. The van der Waals surface area contributed by atoms with Crippen LogP contribution < -0.4 is 5.32 Å². The van der Waals surface area contributed by atoms with Gasteiger partial charge in [-0.1, -0.05) is 29.8 Å². The summed E-state index contributed by atoms with van der Waals surface area (Å²) in [4.78, 5) is 7.85. The number of nitrogens with one attached hydrogen (secondary N) is 1. The second kappa shape index (κ2) is 7.15. The van der Waals surface area contributed by atoms with Crippen molar-refractivity contribution in [2.45, 2.75) is 26.6 Å². The number of hydrogen-bond donors (Lipinski definition) is 1. The first-order valence-corrected chi connectivity index (χ1v) is 8.08. The van der Waals surface area contributed by atoms with E-state index in [-0.39, 0.29) is 11.6 Å². The molecule has 0 unspecified atom stereocenters. The molecule has 3 rings (SSSR count). The number of alkyl halides is 3. The first-order valence-electron chi connectivity index (χ1n) is 8.08. The first-order chi connectivity index (χ1) is 12.3. The lowest BCUT2D eigenvalue weighted by atomic mass is 10.1. The molecule has 26 heavy (non-hydrogen) atoms. The summed E-state index contributed by atoms with van der Waals surface area (Å²) >= 11 is 0. The highest BCUT2D eigenvalue weighted by molar-refractivity contribution is 5.61. The van der Waals surface area contributed by atoms with Crippen LogP contribution in [0, 0.1) is 13.8 Å². The second-order valence-corrected chi connectivity index (χ2v) is 5.95. The van der Waals surface area contributed by atoms with Gasteiger partial charge in [-0.15, -0.1) is 0 Å². The van der Waals surface area contributed by atoms with Gasteiger partial charge >= 0.3 is 6.18 Å². The van der Waals surface area contributed by atoms with Crippen molar-refractivity contribution in [3.05, 3.63) is 59.5 Å². The molecule has 3 aromatic rings. The molecule has 0 aliphatic carbocycles. The van der Waals surface area contributed by atoms with Gasteiger partial charge in [-0.2, -0.15) is 18.3 Å². The Morgan fingerprint density at radius 2 is 1.77 bits per heavy atom. The molecule has 0 saturated heterocycles. The van der Waals surface area contributed by atoms with Gasteiger partial charge in [0.25, 0.3) is 0 Å². The summed E-state index contributed by atoms with van der Waals surface area (Å²) in [5.41, 5.74) is 1.85. The second-order valence-electron chi connectivity index (χ2n) is 5.95. The Hall–Kier alpha value is -2.90. The Bertz CT molecular complexity index is 885. The van der Waals surface area contributed by atoms with Gasteiger partial charge in [-0.3, -0.25) is 4.68 Å². The quantitative estimate of drug-likeness (QED) is 0.744. The molecule has 0 saturated carbocycles. The lowest BCUT2D eigenvalue weighted by Crippen LogP contribution is -2.16. The van der Waals surface area contributed by atoms with Gasteiger partial charge in [-0.05, 0) is 26.0 Å². The molecular weight excluding hydrogens is 343 g/mol. The molecule has 0 aliphatic heterocycles. The molecule has 0 radical (unpaired) electrons. The minimum absolute atomic E-state index is 0.0554. The van der Waals surface area contributed by atoms with Gasteiger partial charge in [0.1, 0.15) is 0 Å². The van der Waals surface area contributed by atoms with E-state index in [4.69, 9.17) is 0 Å². The van der Waals surface area contributed by atoms with Gasteiger partial charge in [0, 0.05) is 24.0 Å². The van der Waals surface area contributed by atoms with Crippen LogP contribution in [-0.2, 0) is 12.7 Å². The lowest BCUT2D eigenvalue weighted by molar-refractivity contribution is -0.141. The third-order valence-electron chi connectivity index (χ3n) is 3.90. The maximum absolute atomic E-state index is 13.2. The predicted octanol–water partition coefficient (Wildman–Crippen LogP) is 4.09.